The molecule has 24 heavy (non-hydrogen) atoms. The number of carbonyl (C=O) groups is 1. The van der Waals surface area contributed by atoms with Crippen LogP contribution in [-0.4, -0.2) is 25.3 Å². The summed E-state index contributed by atoms with van der Waals surface area (Å²) in [6.07, 6.45) is -0.684. The predicted molar refractivity (Wildman–Crippen MR) is 93.5 cm³/mol. The maximum Gasteiger partial charge on any atom is 0.344 e. The zero-order valence-electron chi connectivity index (χ0n) is 13.2. The summed E-state index contributed by atoms with van der Waals surface area (Å²) in [6, 6.07) is 13.0. The van der Waals surface area contributed by atoms with Crippen LogP contribution < -0.4 is 20.1 Å². The summed E-state index contributed by atoms with van der Waals surface area (Å²) in [5, 5.41) is 6.37. The Kier molecular flexibility index (Phi) is 4.52. The lowest BCUT2D eigenvalue weighted by molar-refractivity contribution is 0.0355. The van der Waals surface area contributed by atoms with Gasteiger partial charge in [-0.3, -0.25) is 0 Å². The van der Waals surface area contributed by atoms with E-state index in [1.54, 1.807) is 12.1 Å². The maximum atomic E-state index is 12.2. The average molecular weight is 344 g/mol. The van der Waals surface area contributed by atoms with Crippen molar-refractivity contribution in [3.63, 3.8) is 0 Å². The summed E-state index contributed by atoms with van der Waals surface area (Å²) in [5.41, 5.74) is 1.83. The number of hydrogen-bond donors (Lipinski definition) is 2. The zero-order valence-corrected chi connectivity index (χ0v) is 14.0. The molecule has 0 spiro atoms. The van der Waals surface area contributed by atoms with E-state index in [-0.39, 0.29) is 0 Å². The van der Waals surface area contributed by atoms with Gasteiger partial charge in [0.15, 0.2) is 16.6 Å². The lowest BCUT2D eigenvalue weighted by Crippen LogP contribution is -2.32. The van der Waals surface area contributed by atoms with E-state index in [1.165, 1.54) is 14.2 Å². The van der Waals surface area contributed by atoms with Crippen molar-refractivity contribution in [2.75, 3.05) is 19.5 Å². The molecule has 1 aliphatic rings. The smallest absolute Gasteiger partial charge is 0.344 e. The predicted octanol–water partition coefficient (Wildman–Crippen LogP) is 2.86. The average Bonchev–Trinajstić information content (AvgIpc) is 2.90. The van der Waals surface area contributed by atoms with Crippen LogP contribution in [0.2, 0.25) is 0 Å². The van der Waals surface area contributed by atoms with E-state index in [2.05, 4.69) is 10.6 Å². The highest BCUT2D eigenvalue weighted by atomic mass is 32.1. The van der Waals surface area contributed by atoms with E-state index in [1.807, 2.05) is 30.3 Å². The molecule has 2 N–H and O–H groups in total. The molecular formula is C17H16N2O4S. The molecule has 1 aliphatic heterocycles. The summed E-state index contributed by atoms with van der Waals surface area (Å²) in [6.45, 7) is 0. The largest absolute Gasteiger partial charge is 0.493 e. The number of methoxy groups -OCH3 is 2. The van der Waals surface area contributed by atoms with Crippen LogP contribution in [0.5, 0.6) is 11.5 Å². The van der Waals surface area contributed by atoms with Crippen molar-refractivity contribution >= 4 is 29.0 Å². The molecule has 2 aromatic carbocycles. The topological polar surface area (TPSA) is 68.8 Å². The Morgan fingerprint density at radius 2 is 1.88 bits per heavy atom. The zero-order chi connectivity index (χ0) is 17.1. The van der Waals surface area contributed by atoms with E-state index in [9.17, 15) is 4.79 Å². The second kappa shape index (κ2) is 6.76. The van der Waals surface area contributed by atoms with Gasteiger partial charge in [0, 0.05) is 11.3 Å². The number of nitrogens with one attached hydrogen (secondary N) is 2. The van der Waals surface area contributed by atoms with Gasteiger partial charge in [-0.15, -0.1) is 0 Å². The van der Waals surface area contributed by atoms with Crippen LogP contribution in [0.1, 0.15) is 22.1 Å². The molecule has 0 saturated heterocycles. The molecule has 0 bridgehead atoms. The normalized spacial score (nSPS) is 15.2. The number of fused-ring (bicyclic) bond motifs is 1. The highest BCUT2D eigenvalue weighted by molar-refractivity contribution is 7.80. The van der Waals surface area contributed by atoms with Crippen molar-refractivity contribution in [3.8, 4) is 11.5 Å². The Morgan fingerprint density at radius 1 is 1.12 bits per heavy atom. The third-order valence-electron chi connectivity index (χ3n) is 3.58. The fraction of sp³-hybridized carbons (Fsp3) is 0.176. The summed E-state index contributed by atoms with van der Waals surface area (Å²) >= 11 is 5.28. The van der Waals surface area contributed by atoms with Crippen LogP contribution in [0.15, 0.2) is 42.5 Å². The monoisotopic (exact) mass is 344 g/mol. The molecule has 7 heteroatoms. The molecule has 0 fully saturated rings. The third kappa shape index (κ3) is 2.98. The number of ether oxygens (including phenoxy) is 3. The number of esters is 1. The van der Waals surface area contributed by atoms with E-state index >= 15 is 0 Å². The van der Waals surface area contributed by atoms with E-state index in [4.69, 9.17) is 26.4 Å². The SMILES string of the molecule is COc1ccc2c(c1OC)C(=O)O[C@@H]2NC(=S)Nc1ccccc1. The molecule has 124 valence electrons. The van der Waals surface area contributed by atoms with Crippen LogP contribution in [0.4, 0.5) is 5.69 Å². The molecule has 0 unspecified atom stereocenters. The summed E-state index contributed by atoms with van der Waals surface area (Å²) in [7, 11) is 2.99. The Hall–Kier alpha value is -2.80. The number of hydrogen-bond acceptors (Lipinski definition) is 5. The van der Waals surface area contributed by atoms with Gasteiger partial charge in [-0.2, -0.15) is 0 Å². The number of benzene rings is 2. The van der Waals surface area contributed by atoms with E-state index in [0.717, 1.165) is 5.69 Å². The Bertz CT molecular complexity index is 780. The minimum Gasteiger partial charge on any atom is -0.493 e. The van der Waals surface area contributed by atoms with Gasteiger partial charge in [0.05, 0.1) is 14.2 Å². The second-order valence-corrected chi connectivity index (χ2v) is 5.42. The highest BCUT2D eigenvalue weighted by Crippen LogP contribution is 2.40. The molecule has 3 rings (SSSR count). The Labute approximate surface area is 144 Å². The quantitative estimate of drug-likeness (QED) is 0.653. The van der Waals surface area contributed by atoms with Gasteiger partial charge in [0.25, 0.3) is 0 Å². The van der Waals surface area contributed by atoms with Crippen molar-refractivity contribution in [1.82, 2.24) is 5.32 Å². The van der Waals surface area contributed by atoms with Crippen molar-refractivity contribution in [3.05, 3.63) is 53.6 Å². The van der Waals surface area contributed by atoms with Crippen molar-refractivity contribution in [2.24, 2.45) is 0 Å². The summed E-state index contributed by atoms with van der Waals surface area (Å²) in [4.78, 5) is 12.2. The van der Waals surface area contributed by atoms with Crippen molar-refractivity contribution < 1.29 is 19.0 Å². The number of thiocarbonyl (C=S) groups is 1. The van der Waals surface area contributed by atoms with Gasteiger partial charge < -0.3 is 24.8 Å². The van der Waals surface area contributed by atoms with Gasteiger partial charge in [-0.1, -0.05) is 18.2 Å². The second-order valence-electron chi connectivity index (χ2n) is 5.02. The van der Waals surface area contributed by atoms with Crippen molar-refractivity contribution in [2.45, 2.75) is 6.23 Å². The molecule has 0 radical (unpaired) electrons. The van der Waals surface area contributed by atoms with E-state index in [0.29, 0.717) is 27.7 Å². The highest BCUT2D eigenvalue weighted by Gasteiger charge is 2.36. The standard InChI is InChI=1S/C17H16N2O4S/c1-21-12-9-8-11-13(14(12)22-2)16(20)23-15(11)19-17(24)18-10-6-4-3-5-7-10/h3-9,15H,1-2H3,(H2,18,19,24)/t15-/m0/s1. The van der Waals surface area contributed by atoms with Crippen LogP contribution in [0.3, 0.4) is 0 Å². The van der Waals surface area contributed by atoms with Crippen molar-refractivity contribution in [1.29, 1.82) is 0 Å². The minimum absolute atomic E-state index is 0.344. The van der Waals surface area contributed by atoms with Gasteiger partial charge in [-0.25, -0.2) is 4.79 Å². The summed E-state index contributed by atoms with van der Waals surface area (Å²) < 4.78 is 15.9. The lowest BCUT2D eigenvalue weighted by atomic mass is 10.1. The Balaban J connectivity index is 1.81. The van der Waals surface area contributed by atoms with E-state index < -0.39 is 12.2 Å². The van der Waals surface area contributed by atoms with Crippen LogP contribution in [-0.2, 0) is 4.74 Å². The molecule has 0 amide bonds. The first-order valence-electron chi connectivity index (χ1n) is 7.22. The molecule has 0 saturated carbocycles. The molecule has 6 nitrogen and oxygen atoms in total. The van der Waals surface area contributed by atoms with Gasteiger partial charge in [0.2, 0.25) is 6.23 Å². The fourth-order valence-corrected chi connectivity index (χ4v) is 2.74. The van der Waals surface area contributed by atoms with Crippen LogP contribution in [0, 0.1) is 0 Å². The molecular weight excluding hydrogens is 328 g/mol. The first-order chi connectivity index (χ1) is 11.6. The number of anilines is 1. The number of cyclic esters (lactones) is 1. The first-order valence-corrected chi connectivity index (χ1v) is 7.63. The fourth-order valence-electron chi connectivity index (χ4n) is 2.52. The third-order valence-corrected chi connectivity index (χ3v) is 3.80. The first kappa shape index (κ1) is 16.1. The Morgan fingerprint density at radius 3 is 2.54 bits per heavy atom. The molecule has 1 atom stereocenters. The summed E-state index contributed by atoms with van der Waals surface area (Å²) in [5.74, 6) is 0.339. The van der Waals surface area contributed by atoms with Crippen LogP contribution in [0.25, 0.3) is 0 Å². The molecule has 2 aromatic rings. The van der Waals surface area contributed by atoms with Gasteiger partial charge in [-0.05, 0) is 36.5 Å². The molecule has 1 heterocycles. The number of para-hydroxylation sites is 1. The van der Waals surface area contributed by atoms with Gasteiger partial charge in [0.1, 0.15) is 5.56 Å². The number of rotatable bonds is 4. The van der Waals surface area contributed by atoms with Crippen LogP contribution >= 0.6 is 12.2 Å². The molecule has 0 aliphatic carbocycles. The minimum atomic E-state index is -0.684. The molecule has 0 aromatic heterocycles. The maximum absolute atomic E-state index is 12.2. The lowest BCUT2D eigenvalue weighted by Gasteiger charge is -2.16. The van der Waals surface area contributed by atoms with Gasteiger partial charge >= 0.3 is 5.97 Å². The number of carbonyl (C=O) groups excluding carboxylic acids is 1.